The molecule has 1 aliphatic rings. The first-order chi connectivity index (χ1) is 7.99. The summed E-state index contributed by atoms with van der Waals surface area (Å²) in [6.45, 7) is 8.53. The molecule has 90 valence electrons. The van der Waals surface area contributed by atoms with E-state index in [0.717, 1.165) is 5.57 Å². The Balaban J connectivity index is 2.45. The summed E-state index contributed by atoms with van der Waals surface area (Å²) < 4.78 is 0. The molecular weight excluding hydrogens is 208 g/mol. The zero-order chi connectivity index (χ0) is 12.6. The lowest BCUT2D eigenvalue weighted by Crippen LogP contribution is -2.16. The van der Waals surface area contributed by atoms with Gasteiger partial charge in [0.2, 0.25) is 0 Å². The minimum Gasteiger partial charge on any atom is -0.294 e. The van der Waals surface area contributed by atoms with Gasteiger partial charge in [-0.2, -0.15) is 0 Å². The van der Waals surface area contributed by atoms with Gasteiger partial charge in [-0.15, -0.1) is 0 Å². The molecule has 1 aliphatic carbocycles. The van der Waals surface area contributed by atoms with Gasteiger partial charge in [-0.05, 0) is 40.2 Å². The first-order valence-electron chi connectivity index (χ1n) is 6.36. The lowest BCUT2D eigenvalue weighted by molar-refractivity contribution is -0.115. The number of hydrogen-bond donors (Lipinski definition) is 0. The molecule has 0 fully saturated rings. The lowest BCUT2D eigenvalue weighted by Gasteiger charge is -2.19. The van der Waals surface area contributed by atoms with Crippen LogP contribution in [0.5, 0.6) is 0 Å². The Morgan fingerprint density at radius 3 is 2.35 bits per heavy atom. The van der Waals surface area contributed by atoms with Gasteiger partial charge in [0.25, 0.3) is 0 Å². The van der Waals surface area contributed by atoms with Crippen LogP contribution in [0, 0.1) is 5.92 Å². The fourth-order valence-electron chi connectivity index (χ4n) is 2.29. The van der Waals surface area contributed by atoms with Gasteiger partial charge < -0.3 is 0 Å². The number of allylic oxidation sites excluding steroid dienone is 1. The Bertz CT molecular complexity index is 478. The second kappa shape index (κ2) is 4.48. The molecule has 0 amide bonds. The van der Waals surface area contributed by atoms with Crippen LogP contribution in [0.1, 0.15) is 50.3 Å². The fraction of sp³-hybridized carbons (Fsp3) is 0.438. The number of ketones is 1. The van der Waals surface area contributed by atoms with Gasteiger partial charge in [-0.3, -0.25) is 4.79 Å². The van der Waals surface area contributed by atoms with E-state index < -0.39 is 0 Å². The summed E-state index contributed by atoms with van der Waals surface area (Å²) in [7, 11) is 0. The van der Waals surface area contributed by atoms with E-state index in [-0.39, 0.29) is 5.78 Å². The van der Waals surface area contributed by atoms with Gasteiger partial charge in [0.15, 0.2) is 5.78 Å². The molecule has 1 aromatic rings. The summed E-state index contributed by atoms with van der Waals surface area (Å²) in [6.07, 6.45) is 2.63. The first-order valence-corrected chi connectivity index (χ1v) is 6.36. The second-order valence-corrected chi connectivity index (χ2v) is 5.47. The third kappa shape index (κ3) is 2.33. The number of benzene rings is 1. The highest BCUT2D eigenvalue weighted by molar-refractivity contribution is 6.04. The molecule has 0 saturated heterocycles. The fourth-order valence-corrected chi connectivity index (χ4v) is 2.29. The predicted octanol–water partition coefficient (Wildman–Crippen LogP) is 3.97. The van der Waals surface area contributed by atoms with Crippen molar-refractivity contribution in [3.05, 3.63) is 40.5 Å². The number of carbonyl (C=O) groups excluding carboxylic acids is 1. The molecule has 17 heavy (non-hydrogen) atoms. The molecule has 0 spiro atoms. The second-order valence-electron chi connectivity index (χ2n) is 5.47. The molecule has 1 nitrogen and oxygen atoms in total. The summed E-state index contributed by atoms with van der Waals surface area (Å²) in [5.41, 5.74) is 4.69. The van der Waals surface area contributed by atoms with Gasteiger partial charge in [-0.25, -0.2) is 0 Å². The first kappa shape index (κ1) is 12.1. The van der Waals surface area contributed by atoms with Crippen LogP contribution in [-0.4, -0.2) is 5.78 Å². The van der Waals surface area contributed by atoms with Crippen molar-refractivity contribution >= 4 is 11.9 Å². The van der Waals surface area contributed by atoms with Crippen molar-refractivity contribution in [1.29, 1.82) is 0 Å². The highest BCUT2D eigenvalue weighted by Gasteiger charge is 2.20. The normalized spacial score (nSPS) is 15.2. The third-order valence-electron chi connectivity index (χ3n) is 3.44. The Morgan fingerprint density at radius 2 is 1.76 bits per heavy atom. The Hall–Kier alpha value is -1.37. The van der Waals surface area contributed by atoms with Crippen molar-refractivity contribution in [2.45, 2.75) is 40.0 Å². The summed E-state index contributed by atoms with van der Waals surface area (Å²) in [5.74, 6) is 1.12. The topological polar surface area (TPSA) is 17.1 Å². The molecule has 1 aromatic carbocycles. The Labute approximate surface area is 104 Å². The molecule has 0 aromatic heterocycles. The largest absolute Gasteiger partial charge is 0.294 e. The van der Waals surface area contributed by atoms with E-state index in [1.54, 1.807) is 0 Å². The van der Waals surface area contributed by atoms with Gasteiger partial charge in [0, 0.05) is 6.42 Å². The van der Waals surface area contributed by atoms with E-state index in [1.165, 1.54) is 16.7 Å². The van der Waals surface area contributed by atoms with Crippen LogP contribution in [0.15, 0.2) is 23.8 Å². The minimum absolute atomic E-state index is 0.286. The molecule has 0 unspecified atom stereocenters. The average Bonchev–Trinajstić information content (AvgIpc) is 2.26. The van der Waals surface area contributed by atoms with Crippen LogP contribution >= 0.6 is 0 Å². The van der Waals surface area contributed by atoms with Crippen LogP contribution in [0.3, 0.4) is 0 Å². The van der Waals surface area contributed by atoms with Crippen molar-refractivity contribution in [3.8, 4) is 0 Å². The maximum absolute atomic E-state index is 12.0. The van der Waals surface area contributed by atoms with Gasteiger partial charge in [0.1, 0.15) is 0 Å². The molecule has 0 atom stereocenters. The lowest BCUT2D eigenvalue weighted by atomic mass is 9.84. The quantitative estimate of drug-likeness (QED) is 0.748. The molecular formula is C16H20O. The summed E-state index contributed by atoms with van der Waals surface area (Å²) in [4.78, 5) is 12.0. The Kier molecular flexibility index (Phi) is 3.19. The summed E-state index contributed by atoms with van der Waals surface area (Å²) >= 11 is 0. The number of rotatable bonds is 2. The monoisotopic (exact) mass is 228 g/mol. The summed E-state index contributed by atoms with van der Waals surface area (Å²) in [5, 5.41) is 0. The Morgan fingerprint density at radius 1 is 1.06 bits per heavy atom. The maximum Gasteiger partial charge on any atom is 0.163 e. The van der Waals surface area contributed by atoms with Crippen LogP contribution < -0.4 is 0 Å². The van der Waals surface area contributed by atoms with E-state index in [1.807, 2.05) is 0 Å². The smallest absolute Gasteiger partial charge is 0.163 e. The standard InChI is InChI=1S/C16H20O/c1-10(2)12-5-6-13-8-15(11(3)4)16(17)9-14(13)7-12/h5-8,10-11H,9H2,1-4H3. The van der Waals surface area contributed by atoms with E-state index >= 15 is 0 Å². The maximum atomic E-state index is 12.0. The number of Topliss-reactive ketones (excluding diaryl/α,β-unsaturated/α-hetero) is 1. The van der Waals surface area contributed by atoms with Crippen LogP contribution in [0.2, 0.25) is 0 Å². The number of fused-ring (bicyclic) bond motifs is 1. The van der Waals surface area contributed by atoms with Gasteiger partial charge >= 0.3 is 0 Å². The van der Waals surface area contributed by atoms with E-state index in [4.69, 9.17) is 0 Å². The molecule has 2 rings (SSSR count). The molecule has 0 N–H and O–H groups in total. The average molecular weight is 228 g/mol. The summed E-state index contributed by atoms with van der Waals surface area (Å²) in [6, 6.07) is 6.51. The SMILES string of the molecule is CC(C)C1=Cc2ccc(C(C)C)cc2CC1=O. The van der Waals surface area contributed by atoms with Gasteiger partial charge in [0.05, 0.1) is 0 Å². The molecule has 0 heterocycles. The molecule has 0 radical (unpaired) electrons. The van der Waals surface area contributed by atoms with Crippen LogP contribution in [0.25, 0.3) is 6.08 Å². The van der Waals surface area contributed by atoms with Crippen molar-refractivity contribution in [2.75, 3.05) is 0 Å². The van der Waals surface area contributed by atoms with Gasteiger partial charge in [-0.1, -0.05) is 45.9 Å². The number of hydrogen-bond acceptors (Lipinski definition) is 1. The predicted molar refractivity (Wildman–Crippen MR) is 72.1 cm³/mol. The van der Waals surface area contributed by atoms with E-state index in [0.29, 0.717) is 18.3 Å². The third-order valence-corrected chi connectivity index (χ3v) is 3.44. The van der Waals surface area contributed by atoms with Crippen molar-refractivity contribution in [2.24, 2.45) is 5.92 Å². The van der Waals surface area contributed by atoms with E-state index in [9.17, 15) is 4.79 Å². The highest BCUT2D eigenvalue weighted by Crippen LogP contribution is 2.28. The van der Waals surface area contributed by atoms with Crippen molar-refractivity contribution < 1.29 is 4.79 Å². The van der Waals surface area contributed by atoms with Crippen LogP contribution in [0.4, 0.5) is 0 Å². The highest BCUT2D eigenvalue weighted by atomic mass is 16.1. The van der Waals surface area contributed by atoms with Crippen molar-refractivity contribution in [3.63, 3.8) is 0 Å². The van der Waals surface area contributed by atoms with Crippen LogP contribution in [-0.2, 0) is 11.2 Å². The van der Waals surface area contributed by atoms with E-state index in [2.05, 4.69) is 52.0 Å². The molecule has 0 bridgehead atoms. The number of carbonyl (C=O) groups is 1. The minimum atomic E-state index is 0.286. The molecule has 0 aliphatic heterocycles. The zero-order valence-electron chi connectivity index (χ0n) is 11.1. The molecule has 1 heteroatoms. The van der Waals surface area contributed by atoms with Crippen molar-refractivity contribution in [1.82, 2.24) is 0 Å². The molecule has 0 saturated carbocycles. The zero-order valence-corrected chi connectivity index (χ0v) is 11.1.